The van der Waals surface area contributed by atoms with Gasteiger partial charge in [-0.05, 0) is 187 Å². The third-order valence-corrected chi connectivity index (χ3v) is 19.0. The second kappa shape index (κ2) is 16.2. The topological polar surface area (TPSA) is 19.4 Å². The van der Waals surface area contributed by atoms with Crippen LogP contribution >= 0.6 is 11.3 Å². The smallest absolute Gasteiger partial charge is 0.276 e. The first-order chi connectivity index (χ1) is 33.4. The summed E-state index contributed by atoms with van der Waals surface area (Å²) < 4.78 is 0. The van der Waals surface area contributed by atoms with E-state index in [1.54, 1.807) is 5.56 Å². The fourth-order valence-corrected chi connectivity index (χ4v) is 15.0. The van der Waals surface area contributed by atoms with Crippen LogP contribution in [0.3, 0.4) is 0 Å². The lowest BCUT2D eigenvalue weighted by molar-refractivity contribution is -0.00514. The van der Waals surface area contributed by atoms with Crippen molar-refractivity contribution >= 4 is 68.0 Å². The molecule has 0 spiro atoms. The molecule has 0 N–H and O–H groups in total. The Kier molecular flexibility index (Phi) is 11.2. The summed E-state index contributed by atoms with van der Waals surface area (Å²) in [5.41, 5.74) is 21.4. The molecule has 3 nitrogen and oxygen atoms in total. The maximum Gasteiger partial charge on any atom is 0.276 e. The van der Waals surface area contributed by atoms with Crippen LogP contribution in [0.25, 0.3) is 10.6 Å². The van der Waals surface area contributed by atoms with E-state index in [1.165, 1.54) is 127 Å². The zero-order chi connectivity index (χ0) is 51.6. The molecule has 0 amide bonds. The van der Waals surface area contributed by atoms with Crippen molar-refractivity contribution < 1.29 is 0 Å². The number of nitrogens with zero attached hydrogens (tertiary/aromatic N) is 3. The van der Waals surface area contributed by atoms with Gasteiger partial charge < -0.3 is 9.80 Å². The zero-order valence-corrected chi connectivity index (χ0v) is 48.3. The molecule has 6 aliphatic rings. The van der Waals surface area contributed by atoms with E-state index in [9.17, 15) is 0 Å². The average Bonchev–Trinajstić information content (AvgIpc) is 3.71. The number of rotatable bonds is 4. The Hall–Kier alpha value is -4.61. The molecule has 4 aliphatic carbocycles. The van der Waals surface area contributed by atoms with Crippen LogP contribution in [0.2, 0.25) is 0 Å². The van der Waals surface area contributed by atoms with Crippen LogP contribution in [0.15, 0.2) is 91.0 Å². The highest BCUT2D eigenvalue weighted by Crippen LogP contribution is 2.62. The predicted molar refractivity (Wildman–Crippen MR) is 314 cm³/mol. The van der Waals surface area contributed by atoms with Gasteiger partial charge in [-0.25, -0.2) is 4.98 Å². The molecular weight excluding hydrogens is 890 g/mol. The summed E-state index contributed by atoms with van der Waals surface area (Å²) in [6.45, 7) is 42.6. The normalized spacial score (nSPS) is 21.8. The summed E-state index contributed by atoms with van der Waals surface area (Å²) in [7, 11) is 0. The van der Waals surface area contributed by atoms with Crippen LogP contribution in [0.4, 0.5) is 33.4 Å². The lowest BCUT2D eigenvalue weighted by atomic mass is 9.35. The predicted octanol–water partition coefficient (Wildman–Crippen LogP) is 17.1. The number of hydrogen-bond acceptors (Lipinski definition) is 4. The lowest BCUT2D eigenvalue weighted by Crippen LogP contribution is -2.62. The molecule has 5 heteroatoms. The molecule has 1 aromatic heterocycles. The van der Waals surface area contributed by atoms with E-state index in [0.717, 1.165) is 22.8 Å². The molecule has 0 atom stereocenters. The van der Waals surface area contributed by atoms with Crippen LogP contribution in [0.5, 0.6) is 0 Å². The molecule has 5 aromatic carbocycles. The van der Waals surface area contributed by atoms with Crippen molar-refractivity contribution in [2.45, 2.75) is 201 Å². The summed E-state index contributed by atoms with van der Waals surface area (Å²) in [4.78, 5) is 11.4. The van der Waals surface area contributed by atoms with Gasteiger partial charge in [-0.2, -0.15) is 0 Å². The minimum absolute atomic E-state index is 0.0374. The number of fused-ring (bicyclic) bond motifs is 4. The standard InChI is InChI=1S/C67H84BN3S/c1-61(2,3)44-21-19-43(20-22-44)59-69-58-60(72-59)71(52-32-48(65(13,14)15)29-49(33-52)66(16,17)18)56-36-50(67-37-40-25-41(38-67)27-42(26-40)39-67)35-55-57(56)68(58)53-34-45(62(4,5)6)23-24-54(53)70(55)51-30-46(63(7,8)9)28-47(31-51)64(10,11)12/h19-24,28-36,40-42H,25-27,37-39H2,1-18H3. The minimum atomic E-state index is -0.0557. The van der Waals surface area contributed by atoms with Gasteiger partial charge >= 0.3 is 0 Å². The molecule has 4 fully saturated rings. The van der Waals surface area contributed by atoms with Crippen molar-refractivity contribution in [3.8, 4) is 10.6 Å². The Labute approximate surface area is 439 Å². The van der Waals surface area contributed by atoms with Crippen molar-refractivity contribution in [3.05, 3.63) is 130 Å². The number of hydrogen-bond donors (Lipinski definition) is 0. The van der Waals surface area contributed by atoms with Gasteiger partial charge in [0.05, 0.1) is 5.59 Å². The van der Waals surface area contributed by atoms with Gasteiger partial charge in [0.2, 0.25) is 0 Å². The Morgan fingerprint density at radius 2 is 0.875 bits per heavy atom. The van der Waals surface area contributed by atoms with E-state index >= 15 is 0 Å². The molecule has 6 aromatic rings. The summed E-state index contributed by atoms with van der Waals surface area (Å²) in [5.74, 6) is 2.49. The Morgan fingerprint density at radius 1 is 0.458 bits per heavy atom. The second-order valence-corrected chi connectivity index (χ2v) is 30.8. The number of aromatic nitrogens is 1. The van der Waals surface area contributed by atoms with Crippen LogP contribution in [0.1, 0.15) is 202 Å². The molecule has 376 valence electrons. The van der Waals surface area contributed by atoms with Gasteiger partial charge in [-0.3, -0.25) is 0 Å². The SMILES string of the molecule is CC(C)(C)c1ccc(-c2nc3c(s2)N(c2cc(C(C)(C)C)cc(C(C)(C)C)c2)c2cc(C45CC6CC(CC(C6)C4)C5)cc4c2B3c2cc(C(C)(C)C)ccc2N4c2cc(C(C)(C)C)cc(C(C)(C)C)c2)cc1. The largest absolute Gasteiger partial charge is 0.311 e. The van der Waals surface area contributed by atoms with Crippen molar-refractivity contribution in [2.24, 2.45) is 17.8 Å². The third-order valence-electron chi connectivity index (χ3n) is 17.9. The molecular formula is C67H84BN3S. The maximum atomic E-state index is 5.97. The van der Waals surface area contributed by atoms with E-state index in [0.29, 0.717) is 0 Å². The molecule has 0 saturated heterocycles. The Bertz CT molecular complexity index is 3020. The van der Waals surface area contributed by atoms with E-state index in [4.69, 9.17) is 4.98 Å². The van der Waals surface area contributed by atoms with Crippen LogP contribution in [-0.4, -0.2) is 11.7 Å². The van der Waals surface area contributed by atoms with E-state index in [2.05, 4.69) is 225 Å². The summed E-state index contributed by atoms with van der Waals surface area (Å²) in [6, 6.07) is 37.5. The highest BCUT2D eigenvalue weighted by atomic mass is 32.1. The van der Waals surface area contributed by atoms with Crippen molar-refractivity contribution in [3.63, 3.8) is 0 Å². The van der Waals surface area contributed by atoms with Gasteiger partial charge in [-0.1, -0.05) is 184 Å². The lowest BCUT2D eigenvalue weighted by Gasteiger charge is -2.57. The van der Waals surface area contributed by atoms with Crippen LogP contribution < -0.4 is 26.3 Å². The first-order valence-electron chi connectivity index (χ1n) is 27.7. The fraction of sp³-hybridized carbons (Fsp3) is 0.507. The molecule has 2 aliphatic heterocycles. The molecule has 3 heterocycles. The van der Waals surface area contributed by atoms with Crippen molar-refractivity contribution in [1.82, 2.24) is 4.98 Å². The van der Waals surface area contributed by atoms with Gasteiger partial charge in [0.1, 0.15) is 10.0 Å². The number of benzene rings is 5. The first-order valence-corrected chi connectivity index (χ1v) is 28.5. The monoisotopic (exact) mass is 974 g/mol. The highest BCUT2D eigenvalue weighted by molar-refractivity contribution is 7.22. The summed E-state index contributed by atoms with van der Waals surface area (Å²) >= 11 is 1.90. The van der Waals surface area contributed by atoms with Gasteiger partial charge in [0.25, 0.3) is 6.71 Å². The van der Waals surface area contributed by atoms with Gasteiger partial charge in [0.15, 0.2) is 0 Å². The molecule has 4 bridgehead atoms. The summed E-state index contributed by atoms with van der Waals surface area (Å²) in [6.07, 6.45) is 8.22. The number of anilines is 6. The Morgan fingerprint density at radius 3 is 1.32 bits per heavy atom. The molecule has 0 unspecified atom stereocenters. The maximum absolute atomic E-state index is 5.97. The van der Waals surface area contributed by atoms with Crippen molar-refractivity contribution in [1.29, 1.82) is 0 Å². The van der Waals surface area contributed by atoms with E-state index in [-0.39, 0.29) is 44.6 Å². The number of thiazole rings is 1. The Balaban J connectivity index is 1.28. The minimum Gasteiger partial charge on any atom is -0.311 e. The fourth-order valence-electron chi connectivity index (χ4n) is 13.8. The molecule has 0 radical (unpaired) electrons. The first kappa shape index (κ1) is 49.6. The van der Waals surface area contributed by atoms with Crippen LogP contribution in [-0.2, 0) is 37.9 Å². The van der Waals surface area contributed by atoms with Crippen molar-refractivity contribution in [2.75, 3.05) is 9.80 Å². The average molecular weight is 974 g/mol. The zero-order valence-electron chi connectivity index (χ0n) is 47.5. The summed E-state index contributed by atoms with van der Waals surface area (Å²) in [5, 5.41) is 2.35. The second-order valence-electron chi connectivity index (χ2n) is 29.8. The van der Waals surface area contributed by atoms with E-state index in [1.807, 2.05) is 11.3 Å². The molecule has 4 saturated carbocycles. The third kappa shape index (κ3) is 8.43. The highest BCUT2D eigenvalue weighted by Gasteiger charge is 2.54. The van der Waals surface area contributed by atoms with Gasteiger partial charge in [0, 0.05) is 34.0 Å². The van der Waals surface area contributed by atoms with E-state index < -0.39 is 0 Å². The quantitative estimate of drug-likeness (QED) is 0.164. The van der Waals surface area contributed by atoms with Crippen LogP contribution in [0, 0.1) is 17.8 Å². The molecule has 72 heavy (non-hydrogen) atoms. The van der Waals surface area contributed by atoms with Gasteiger partial charge in [-0.15, -0.1) is 0 Å². The molecule has 12 rings (SSSR count).